The lowest BCUT2D eigenvalue weighted by Gasteiger charge is -2.06. The van der Waals surface area contributed by atoms with Crippen molar-refractivity contribution in [3.05, 3.63) is 18.2 Å². The van der Waals surface area contributed by atoms with Crippen molar-refractivity contribution in [1.29, 1.82) is 0 Å². The van der Waals surface area contributed by atoms with E-state index in [0.29, 0.717) is 5.69 Å². The summed E-state index contributed by atoms with van der Waals surface area (Å²) in [4.78, 5) is 8.10. The first-order valence-electron chi connectivity index (χ1n) is 3.81. The number of ether oxygens (including phenoxy) is 1. The van der Waals surface area contributed by atoms with Gasteiger partial charge in [0, 0.05) is 13.5 Å². The molecule has 0 aliphatic carbocycles. The predicted octanol–water partition coefficient (Wildman–Crippen LogP) is 0.636. The minimum atomic E-state index is 0.147. The Kier molecular flexibility index (Phi) is 2.99. The van der Waals surface area contributed by atoms with Crippen molar-refractivity contribution in [2.24, 2.45) is 0 Å². The van der Waals surface area contributed by atoms with Crippen LogP contribution < -0.4 is 5.73 Å². The van der Waals surface area contributed by atoms with E-state index >= 15 is 0 Å². The Hall–Kier alpha value is -1.16. The molecule has 2 N–H and O–H groups in total. The molecule has 0 spiro atoms. The maximum Gasteiger partial charge on any atom is 0.130 e. The van der Waals surface area contributed by atoms with Gasteiger partial charge >= 0.3 is 0 Å². The van der Waals surface area contributed by atoms with Crippen molar-refractivity contribution in [1.82, 2.24) is 9.97 Å². The molecular formula is C8H13N3O. The molecule has 0 amide bonds. The summed E-state index contributed by atoms with van der Waals surface area (Å²) in [5.74, 6) is 0.763. The molecule has 0 bridgehead atoms. The molecule has 1 heterocycles. The third-order valence-corrected chi connectivity index (χ3v) is 1.60. The van der Waals surface area contributed by atoms with Gasteiger partial charge in [-0.05, 0) is 6.92 Å². The van der Waals surface area contributed by atoms with Crippen molar-refractivity contribution in [2.75, 3.05) is 12.8 Å². The third-order valence-electron chi connectivity index (χ3n) is 1.60. The molecule has 66 valence electrons. The van der Waals surface area contributed by atoms with Crippen LogP contribution in [0.25, 0.3) is 0 Å². The highest BCUT2D eigenvalue weighted by molar-refractivity contribution is 5.30. The maximum atomic E-state index is 5.43. The average molecular weight is 167 g/mol. The van der Waals surface area contributed by atoms with Gasteiger partial charge in [0.15, 0.2) is 0 Å². The molecule has 12 heavy (non-hydrogen) atoms. The van der Waals surface area contributed by atoms with E-state index in [1.54, 1.807) is 19.5 Å². The first kappa shape index (κ1) is 8.93. The van der Waals surface area contributed by atoms with Gasteiger partial charge in [0.05, 0.1) is 24.2 Å². The Morgan fingerprint density at radius 3 is 2.58 bits per heavy atom. The van der Waals surface area contributed by atoms with Crippen LogP contribution in [0.15, 0.2) is 12.4 Å². The molecule has 0 radical (unpaired) electrons. The zero-order valence-electron chi connectivity index (χ0n) is 7.32. The molecule has 0 aliphatic heterocycles. The highest BCUT2D eigenvalue weighted by atomic mass is 16.5. The van der Waals surface area contributed by atoms with Crippen molar-refractivity contribution in [3.63, 3.8) is 0 Å². The van der Waals surface area contributed by atoms with Gasteiger partial charge in [0.25, 0.3) is 0 Å². The molecule has 0 aliphatic rings. The molecule has 1 atom stereocenters. The fourth-order valence-corrected chi connectivity index (χ4v) is 0.811. The normalized spacial score (nSPS) is 12.8. The first-order chi connectivity index (χ1) is 5.72. The number of rotatable bonds is 3. The van der Waals surface area contributed by atoms with Crippen molar-refractivity contribution in [3.8, 4) is 0 Å². The van der Waals surface area contributed by atoms with Crippen LogP contribution in [0.2, 0.25) is 0 Å². The molecule has 4 heteroatoms. The minimum absolute atomic E-state index is 0.147. The van der Waals surface area contributed by atoms with Crippen LogP contribution in [0.1, 0.15) is 12.7 Å². The van der Waals surface area contributed by atoms with Crippen molar-refractivity contribution >= 4 is 5.69 Å². The van der Waals surface area contributed by atoms with Gasteiger partial charge < -0.3 is 10.5 Å². The van der Waals surface area contributed by atoms with Gasteiger partial charge in [-0.2, -0.15) is 0 Å². The van der Waals surface area contributed by atoms with Crippen molar-refractivity contribution in [2.45, 2.75) is 19.4 Å². The summed E-state index contributed by atoms with van der Waals surface area (Å²) in [6.45, 7) is 1.97. The van der Waals surface area contributed by atoms with Crippen LogP contribution in [0.5, 0.6) is 0 Å². The average Bonchev–Trinajstić information content (AvgIpc) is 2.09. The fourth-order valence-electron chi connectivity index (χ4n) is 0.811. The second kappa shape index (κ2) is 4.01. The number of aromatic nitrogens is 2. The topological polar surface area (TPSA) is 61.0 Å². The number of hydrogen-bond donors (Lipinski definition) is 1. The van der Waals surface area contributed by atoms with Gasteiger partial charge in [-0.25, -0.2) is 9.97 Å². The predicted molar refractivity (Wildman–Crippen MR) is 46.6 cm³/mol. The number of nitrogens with zero attached hydrogens (tertiary/aromatic N) is 2. The van der Waals surface area contributed by atoms with Crippen LogP contribution in [0, 0.1) is 0 Å². The number of nitrogens with two attached hydrogens (primary N) is 1. The van der Waals surface area contributed by atoms with E-state index < -0.39 is 0 Å². The molecule has 1 unspecified atom stereocenters. The Morgan fingerprint density at radius 1 is 1.50 bits per heavy atom. The lowest BCUT2D eigenvalue weighted by Crippen LogP contribution is -2.11. The molecule has 0 fully saturated rings. The Balaban J connectivity index is 2.58. The third kappa shape index (κ3) is 2.47. The van der Waals surface area contributed by atoms with Crippen LogP contribution in [-0.2, 0) is 11.2 Å². The number of hydrogen-bond acceptors (Lipinski definition) is 4. The van der Waals surface area contributed by atoms with E-state index in [1.165, 1.54) is 0 Å². The van der Waals surface area contributed by atoms with Gasteiger partial charge in [-0.3, -0.25) is 0 Å². The SMILES string of the molecule is COC(C)Cc1ncc(N)cn1. The highest BCUT2D eigenvalue weighted by Crippen LogP contribution is 2.01. The van der Waals surface area contributed by atoms with Gasteiger partial charge in [0.2, 0.25) is 0 Å². The summed E-state index contributed by atoms with van der Waals surface area (Å²) in [5, 5.41) is 0. The van der Waals surface area contributed by atoms with Gasteiger partial charge in [0.1, 0.15) is 5.82 Å². The molecule has 1 aromatic rings. The van der Waals surface area contributed by atoms with E-state index in [-0.39, 0.29) is 6.10 Å². The molecule has 0 saturated carbocycles. The van der Waals surface area contributed by atoms with E-state index in [9.17, 15) is 0 Å². The van der Waals surface area contributed by atoms with Crippen LogP contribution in [0.3, 0.4) is 0 Å². The fraction of sp³-hybridized carbons (Fsp3) is 0.500. The van der Waals surface area contributed by atoms with E-state index in [2.05, 4.69) is 9.97 Å². The Morgan fingerprint density at radius 2 is 2.08 bits per heavy atom. The zero-order valence-corrected chi connectivity index (χ0v) is 7.32. The van der Waals surface area contributed by atoms with E-state index in [0.717, 1.165) is 12.2 Å². The van der Waals surface area contributed by atoms with E-state index in [4.69, 9.17) is 10.5 Å². The van der Waals surface area contributed by atoms with Crippen LogP contribution in [0.4, 0.5) is 5.69 Å². The first-order valence-corrected chi connectivity index (χ1v) is 3.81. The smallest absolute Gasteiger partial charge is 0.130 e. The van der Waals surface area contributed by atoms with Crippen LogP contribution in [-0.4, -0.2) is 23.2 Å². The quantitative estimate of drug-likeness (QED) is 0.717. The minimum Gasteiger partial charge on any atom is -0.396 e. The molecule has 4 nitrogen and oxygen atoms in total. The summed E-state index contributed by atoms with van der Waals surface area (Å²) in [5.41, 5.74) is 6.02. The Labute approximate surface area is 71.8 Å². The van der Waals surface area contributed by atoms with Crippen LogP contribution >= 0.6 is 0 Å². The molecule has 1 aromatic heterocycles. The second-order valence-electron chi connectivity index (χ2n) is 2.68. The maximum absolute atomic E-state index is 5.43. The summed E-state index contributed by atoms with van der Waals surface area (Å²) in [6, 6.07) is 0. The highest BCUT2D eigenvalue weighted by Gasteiger charge is 2.03. The molecule has 0 aromatic carbocycles. The molecule has 0 saturated heterocycles. The summed E-state index contributed by atoms with van der Waals surface area (Å²) in [6.07, 6.45) is 4.07. The van der Waals surface area contributed by atoms with Gasteiger partial charge in [-0.1, -0.05) is 0 Å². The standard InChI is InChI=1S/C8H13N3O/c1-6(12-2)3-8-10-4-7(9)5-11-8/h4-6H,3,9H2,1-2H3. The number of anilines is 1. The lowest BCUT2D eigenvalue weighted by atomic mass is 10.3. The summed E-state index contributed by atoms with van der Waals surface area (Å²) in [7, 11) is 1.67. The largest absolute Gasteiger partial charge is 0.396 e. The molecule has 1 rings (SSSR count). The lowest BCUT2D eigenvalue weighted by molar-refractivity contribution is 0.117. The number of nitrogen functional groups attached to an aromatic ring is 1. The molecular weight excluding hydrogens is 154 g/mol. The summed E-state index contributed by atoms with van der Waals surface area (Å²) >= 11 is 0. The van der Waals surface area contributed by atoms with E-state index in [1.807, 2.05) is 6.92 Å². The van der Waals surface area contributed by atoms with Gasteiger partial charge in [-0.15, -0.1) is 0 Å². The summed E-state index contributed by atoms with van der Waals surface area (Å²) < 4.78 is 5.07. The second-order valence-corrected chi connectivity index (χ2v) is 2.68. The zero-order chi connectivity index (χ0) is 8.97. The Bertz CT molecular complexity index is 235. The van der Waals surface area contributed by atoms with Crippen molar-refractivity contribution < 1.29 is 4.74 Å². The monoisotopic (exact) mass is 167 g/mol. The number of methoxy groups -OCH3 is 1.